The molecular formula is C13H21N3O. The highest BCUT2D eigenvalue weighted by Crippen LogP contribution is 2.31. The Morgan fingerprint density at radius 2 is 2.18 bits per heavy atom. The first-order valence-electron chi connectivity index (χ1n) is 6.36. The zero-order valence-electron chi connectivity index (χ0n) is 10.4. The Morgan fingerprint density at radius 1 is 1.41 bits per heavy atom. The molecule has 17 heavy (non-hydrogen) atoms. The van der Waals surface area contributed by atoms with Gasteiger partial charge in [-0.15, -0.1) is 0 Å². The zero-order valence-corrected chi connectivity index (χ0v) is 10.4. The largest absolute Gasteiger partial charge is 0.389 e. The molecule has 4 nitrogen and oxygen atoms in total. The Bertz CT molecular complexity index is 334. The maximum Gasteiger partial charge on any atom is 0.0771 e. The molecule has 4 heteroatoms. The summed E-state index contributed by atoms with van der Waals surface area (Å²) in [5, 5.41) is 13.6. The van der Waals surface area contributed by atoms with Crippen molar-refractivity contribution in [3.05, 3.63) is 24.3 Å². The first-order valence-corrected chi connectivity index (χ1v) is 6.36. The molecule has 0 saturated heterocycles. The van der Waals surface area contributed by atoms with Gasteiger partial charge in [-0.05, 0) is 31.6 Å². The van der Waals surface area contributed by atoms with Crippen molar-refractivity contribution in [2.45, 2.75) is 44.8 Å². The van der Waals surface area contributed by atoms with Crippen LogP contribution < -0.4 is 5.32 Å². The van der Waals surface area contributed by atoms with Crippen LogP contribution in [0, 0.1) is 5.92 Å². The van der Waals surface area contributed by atoms with E-state index in [0.29, 0.717) is 13.1 Å². The Hall–Kier alpha value is -1.00. The molecule has 1 fully saturated rings. The van der Waals surface area contributed by atoms with E-state index in [4.69, 9.17) is 0 Å². The summed E-state index contributed by atoms with van der Waals surface area (Å²) in [7, 11) is 0. The van der Waals surface area contributed by atoms with E-state index >= 15 is 0 Å². The van der Waals surface area contributed by atoms with Gasteiger partial charge in [-0.2, -0.15) is 0 Å². The minimum atomic E-state index is -0.519. The van der Waals surface area contributed by atoms with Crippen LogP contribution in [0.5, 0.6) is 0 Å². The number of hydrogen-bond acceptors (Lipinski definition) is 4. The lowest BCUT2D eigenvalue weighted by atomic mass is 9.79. The van der Waals surface area contributed by atoms with Gasteiger partial charge >= 0.3 is 0 Å². The van der Waals surface area contributed by atoms with Gasteiger partial charge in [-0.1, -0.05) is 6.92 Å². The summed E-state index contributed by atoms with van der Waals surface area (Å²) in [5.41, 5.74) is 0.398. The summed E-state index contributed by atoms with van der Waals surface area (Å²) >= 11 is 0. The molecule has 1 heterocycles. The van der Waals surface area contributed by atoms with E-state index in [0.717, 1.165) is 37.3 Å². The van der Waals surface area contributed by atoms with Crippen LogP contribution in [0.25, 0.3) is 0 Å². The minimum absolute atomic E-state index is 0.519. The fourth-order valence-electron chi connectivity index (χ4n) is 2.32. The summed E-state index contributed by atoms with van der Waals surface area (Å²) in [4.78, 5) is 8.20. The lowest BCUT2D eigenvalue weighted by Gasteiger charge is -2.35. The summed E-state index contributed by atoms with van der Waals surface area (Å²) in [6.45, 7) is 3.58. The molecule has 1 aliphatic carbocycles. The quantitative estimate of drug-likeness (QED) is 0.830. The summed E-state index contributed by atoms with van der Waals surface area (Å²) in [5.74, 6) is 0.760. The van der Waals surface area contributed by atoms with Gasteiger partial charge in [-0.25, -0.2) is 0 Å². The summed E-state index contributed by atoms with van der Waals surface area (Å²) in [6, 6.07) is 0. The van der Waals surface area contributed by atoms with Crippen LogP contribution in [0.15, 0.2) is 18.6 Å². The molecule has 1 aromatic heterocycles. The maximum atomic E-state index is 10.4. The number of aliphatic hydroxyl groups is 1. The Labute approximate surface area is 102 Å². The van der Waals surface area contributed by atoms with Crippen molar-refractivity contribution in [3.8, 4) is 0 Å². The maximum absolute atomic E-state index is 10.4. The van der Waals surface area contributed by atoms with Crippen LogP contribution >= 0.6 is 0 Å². The molecule has 94 valence electrons. The van der Waals surface area contributed by atoms with Crippen molar-refractivity contribution in [2.24, 2.45) is 5.92 Å². The van der Waals surface area contributed by atoms with Gasteiger partial charge in [0.25, 0.3) is 0 Å². The number of hydrogen-bond donors (Lipinski definition) is 2. The van der Waals surface area contributed by atoms with Crippen molar-refractivity contribution in [2.75, 3.05) is 6.54 Å². The molecule has 0 spiro atoms. The molecule has 0 aromatic carbocycles. The first-order chi connectivity index (χ1) is 8.18. The van der Waals surface area contributed by atoms with E-state index < -0.39 is 5.60 Å². The van der Waals surface area contributed by atoms with E-state index in [9.17, 15) is 5.11 Å². The molecule has 1 aliphatic rings. The molecule has 0 aliphatic heterocycles. The molecule has 1 aromatic rings. The molecule has 0 amide bonds. The molecule has 2 N–H and O–H groups in total. The van der Waals surface area contributed by atoms with Crippen molar-refractivity contribution in [1.29, 1.82) is 0 Å². The number of nitrogens with one attached hydrogen (secondary N) is 1. The van der Waals surface area contributed by atoms with Crippen molar-refractivity contribution in [3.63, 3.8) is 0 Å². The van der Waals surface area contributed by atoms with Crippen molar-refractivity contribution in [1.82, 2.24) is 15.3 Å². The lowest BCUT2D eigenvalue weighted by Crippen LogP contribution is -2.43. The van der Waals surface area contributed by atoms with Gasteiger partial charge < -0.3 is 10.4 Å². The zero-order chi connectivity index (χ0) is 12.1. The second kappa shape index (κ2) is 5.56. The van der Waals surface area contributed by atoms with Gasteiger partial charge in [0.15, 0.2) is 0 Å². The third kappa shape index (κ3) is 3.75. The Kier molecular flexibility index (Phi) is 4.07. The highest BCUT2D eigenvalue weighted by molar-refractivity contribution is 4.95. The average Bonchev–Trinajstić information content (AvgIpc) is 2.35. The molecule has 0 unspecified atom stereocenters. The van der Waals surface area contributed by atoms with Gasteiger partial charge in [0.1, 0.15) is 0 Å². The fraction of sp³-hybridized carbons (Fsp3) is 0.692. The second-order valence-electron chi connectivity index (χ2n) is 5.21. The number of rotatable bonds is 4. The van der Waals surface area contributed by atoms with Crippen LogP contribution in [-0.4, -0.2) is 27.2 Å². The lowest BCUT2D eigenvalue weighted by molar-refractivity contribution is -0.00635. The third-order valence-corrected chi connectivity index (χ3v) is 3.58. The molecular weight excluding hydrogens is 214 g/mol. The summed E-state index contributed by atoms with van der Waals surface area (Å²) < 4.78 is 0. The molecule has 0 bridgehead atoms. The standard InChI is InChI=1S/C13H21N3O/c1-11-2-4-13(17,5-3-11)10-15-9-12-8-14-6-7-16-12/h6-8,11,15,17H,2-5,9-10H2,1H3. The van der Waals surface area contributed by atoms with Gasteiger partial charge in [-0.3, -0.25) is 9.97 Å². The molecule has 2 rings (SSSR count). The van der Waals surface area contributed by atoms with E-state index in [1.165, 1.54) is 0 Å². The van der Waals surface area contributed by atoms with Crippen LogP contribution in [0.3, 0.4) is 0 Å². The smallest absolute Gasteiger partial charge is 0.0771 e. The predicted molar refractivity (Wildman–Crippen MR) is 66.3 cm³/mol. The third-order valence-electron chi connectivity index (χ3n) is 3.58. The van der Waals surface area contributed by atoms with E-state index in [2.05, 4.69) is 22.2 Å². The molecule has 0 atom stereocenters. The van der Waals surface area contributed by atoms with Crippen LogP contribution in [0.1, 0.15) is 38.3 Å². The Balaban J connectivity index is 1.75. The predicted octanol–water partition coefficient (Wildman–Crippen LogP) is 1.51. The van der Waals surface area contributed by atoms with Crippen LogP contribution in [0.2, 0.25) is 0 Å². The first kappa shape index (κ1) is 12.5. The highest BCUT2D eigenvalue weighted by Gasteiger charge is 2.31. The number of aromatic nitrogens is 2. The van der Waals surface area contributed by atoms with E-state index in [-0.39, 0.29) is 0 Å². The van der Waals surface area contributed by atoms with Gasteiger partial charge in [0.2, 0.25) is 0 Å². The fourth-order valence-corrected chi connectivity index (χ4v) is 2.32. The van der Waals surface area contributed by atoms with Crippen molar-refractivity contribution < 1.29 is 5.11 Å². The SMILES string of the molecule is CC1CCC(O)(CNCc2cnccn2)CC1. The van der Waals surface area contributed by atoms with Gasteiger partial charge in [0, 0.05) is 31.7 Å². The minimum Gasteiger partial charge on any atom is -0.389 e. The molecule has 1 saturated carbocycles. The van der Waals surface area contributed by atoms with E-state index in [1.807, 2.05) is 0 Å². The van der Waals surface area contributed by atoms with Gasteiger partial charge in [0.05, 0.1) is 11.3 Å². The van der Waals surface area contributed by atoms with Crippen LogP contribution in [0.4, 0.5) is 0 Å². The highest BCUT2D eigenvalue weighted by atomic mass is 16.3. The van der Waals surface area contributed by atoms with E-state index in [1.54, 1.807) is 18.6 Å². The van der Waals surface area contributed by atoms with Crippen LogP contribution in [-0.2, 0) is 6.54 Å². The topological polar surface area (TPSA) is 58.0 Å². The Morgan fingerprint density at radius 3 is 2.82 bits per heavy atom. The van der Waals surface area contributed by atoms with Crippen molar-refractivity contribution >= 4 is 0 Å². The normalized spacial score (nSPS) is 29.2. The summed E-state index contributed by atoms with van der Waals surface area (Å²) in [6.07, 6.45) is 9.17. The number of nitrogens with zero attached hydrogens (tertiary/aromatic N) is 2. The monoisotopic (exact) mass is 235 g/mol. The second-order valence-corrected chi connectivity index (χ2v) is 5.21. The molecule has 0 radical (unpaired) electrons. The average molecular weight is 235 g/mol.